The summed E-state index contributed by atoms with van der Waals surface area (Å²) in [6.45, 7) is 2.43. The van der Waals surface area contributed by atoms with Crippen LogP contribution in [0.2, 0.25) is 0 Å². The molecule has 0 aromatic rings. The van der Waals surface area contributed by atoms with Crippen LogP contribution in [-0.4, -0.2) is 0 Å². The van der Waals surface area contributed by atoms with E-state index in [1.165, 1.54) is 36.0 Å². The molecule has 0 heteroatoms. The minimum absolute atomic E-state index is 1.12. The fourth-order valence-electron chi connectivity index (χ4n) is 6.08. The molecule has 0 aromatic heterocycles. The Morgan fingerprint density at radius 1 is 0.611 bits per heavy atom. The maximum absolute atomic E-state index is 2.43. The molecule has 6 unspecified atom stereocenters. The van der Waals surface area contributed by atoms with Crippen molar-refractivity contribution < 1.29 is 0 Å². The van der Waals surface area contributed by atoms with Gasteiger partial charge >= 0.3 is 0 Å². The minimum atomic E-state index is 1.12. The predicted octanol–water partition coefficient (Wildman–Crippen LogP) is 5.28. The summed E-state index contributed by atoms with van der Waals surface area (Å²) in [4.78, 5) is 0. The SMILES string of the molecule is CCC1CCC1C1CCC(C2CCC2)C2CCC12. The fourth-order valence-corrected chi connectivity index (χ4v) is 6.08. The molecular formula is C18H30. The van der Waals surface area contributed by atoms with Crippen molar-refractivity contribution in [2.24, 2.45) is 41.4 Å². The molecular weight excluding hydrogens is 216 g/mol. The van der Waals surface area contributed by atoms with Crippen LogP contribution in [0.3, 0.4) is 0 Å². The first-order valence-corrected chi connectivity index (χ1v) is 8.88. The van der Waals surface area contributed by atoms with E-state index in [0.717, 1.165) is 11.8 Å². The quantitative estimate of drug-likeness (QED) is 0.636. The van der Waals surface area contributed by atoms with Crippen LogP contribution in [-0.2, 0) is 0 Å². The molecule has 4 rings (SSSR count). The van der Waals surface area contributed by atoms with Gasteiger partial charge in [0.2, 0.25) is 0 Å². The average molecular weight is 246 g/mol. The predicted molar refractivity (Wildman–Crippen MR) is 76.3 cm³/mol. The van der Waals surface area contributed by atoms with Gasteiger partial charge in [-0.1, -0.05) is 32.6 Å². The highest BCUT2D eigenvalue weighted by molar-refractivity contribution is 5.01. The van der Waals surface area contributed by atoms with E-state index in [-0.39, 0.29) is 0 Å². The molecule has 4 aliphatic carbocycles. The van der Waals surface area contributed by atoms with E-state index >= 15 is 0 Å². The van der Waals surface area contributed by atoms with Crippen molar-refractivity contribution in [1.29, 1.82) is 0 Å². The Morgan fingerprint density at radius 3 is 1.67 bits per heavy atom. The van der Waals surface area contributed by atoms with Gasteiger partial charge in [0.05, 0.1) is 0 Å². The molecule has 0 aromatic carbocycles. The molecule has 0 aliphatic heterocycles. The minimum Gasteiger partial charge on any atom is -0.0651 e. The van der Waals surface area contributed by atoms with Crippen molar-refractivity contribution in [3.63, 3.8) is 0 Å². The van der Waals surface area contributed by atoms with Crippen LogP contribution < -0.4 is 0 Å². The molecule has 4 fully saturated rings. The summed E-state index contributed by atoms with van der Waals surface area (Å²) < 4.78 is 0. The summed E-state index contributed by atoms with van der Waals surface area (Å²) in [6.07, 6.45) is 15.7. The smallest absolute Gasteiger partial charge is 0.0352 e. The lowest BCUT2D eigenvalue weighted by Crippen LogP contribution is -2.50. The van der Waals surface area contributed by atoms with Crippen LogP contribution in [0, 0.1) is 41.4 Å². The Hall–Kier alpha value is 0. The first-order chi connectivity index (χ1) is 8.88. The summed E-state index contributed by atoms with van der Waals surface area (Å²) in [5.41, 5.74) is 0. The lowest BCUT2D eigenvalue weighted by atomic mass is 9.47. The highest BCUT2D eigenvalue weighted by Gasteiger charge is 2.51. The van der Waals surface area contributed by atoms with Gasteiger partial charge in [-0.05, 0) is 80.0 Å². The van der Waals surface area contributed by atoms with Crippen molar-refractivity contribution in [2.75, 3.05) is 0 Å². The Bertz CT molecular complexity index is 301. The van der Waals surface area contributed by atoms with Crippen LogP contribution in [0.5, 0.6) is 0 Å². The van der Waals surface area contributed by atoms with E-state index in [2.05, 4.69) is 6.92 Å². The van der Waals surface area contributed by atoms with Crippen LogP contribution in [0.4, 0.5) is 0 Å². The van der Waals surface area contributed by atoms with Crippen LogP contribution >= 0.6 is 0 Å². The molecule has 102 valence electrons. The highest BCUT2D eigenvalue weighted by Crippen LogP contribution is 2.60. The largest absolute Gasteiger partial charge is 0.0651 e. The lowest BCUT2D eigenvalue weighted by Gasteiger charge is -2.58. The first kappa shape index (κ1) is 11.8. The molecule has 4 saturated carbocycles. The van der Waals surface area contributed by atoms with E-state index in [0.29, 0.717) is 0 Å². The molecule has 0 amide bonds. The van der Waals surface area contributed by atoms with Crippen molar-refractivity contribution in [2.45, 2.75) is 71.1 Å². The first-order valence-electron chi connectivity index (χ1n) is 8.88. The molecule has 0 N–H and O–H groups in total. The van der Waals surface area contributed by atoms with Gasteiger partial charge in [-0.25, -0.2) is 0 Å². The van der Waals surface area contributed by atoms with Gasteiger partial charge in [0.25, 0.3) is 0 Å². The summed E-state index contributed by atoms with van der Waals surface area (Å²) in [5.74, 6) is 8.16. The number of fused-ring (bicyclic) bond motifs is 1. The van der Waals surface area contributed by atoms with E-state index in [9.17, 15) is 0 Å². The second kappa shape index (κ2) is 4.53. The summed E-state index contributed by atoms with van der Waals surface area (Å²) in [5, 5.41) is 0. The zero-order valence-electron chi connectivity index (χ0n) is 12.1. The maximum atomic E-state index is 2.43. The Morgan fingerprint density at radius 2 is 1.17 bits per heavy atom. The maximum Gasteiger partial charge on any atom is -0.0352 e. The van der Waals surface area contributed by atoms with Gasteiger partial charge in [0.15, 0.2) is 0 Å². The second-order valence-electron chi connectivity index (χ2n) is 7.91. The Labute approximate surface area is 113 Å². The van der Waals surface area contributed by atoms with Crippen molar-refractivity contribution >= 4 is 0 Å². The Kier molecular flexibility index (Phi) is 2.97. The zero-order valence-corrected chi connectivity index (χ0v) is 12.1. The van der Waals surface area contributed by atoms with Gasteiger partial charge in [0, 0.05) is 0 Å². The van der Waals surface area contributed by atoms with Crippen molar-refractivity contribution in [3.8, 4) is 0 Å². The molecule has 4 aliphatic rings. The molecule has 0 saturated heterocycles. The van der Waals surface area contributed by atoms with Crippen molar-refractivity contribution in [3.05, 3.63) is 0 Å². The molecule has 0 heterocycles. The third-order valence-electron chi connectivity index (χ3n) is 7.62. The number of rotatable bonds is 3. The molecule has 18 heavy (non-hydrogen) atoms. The monoisotopic (exact) mass is 246 g/mol. The van der Waals surface area contributed by atoms with Crippen LogP contribution in [0.15, 0.2) is 0 Å². The molecule has 0 radical (unpaired) electrons. The third kappa shape index (κ3) is 1.63. The topological polar surface area (TPSA) is 0 Å². The van der Waals surface area contributed by atoms with Gasteiger partial charge in [-0.15, -0.1) is 0 Å². The van der Waals surface area contributed by atoms with Crippen molar-refractivity contribution in [1.82, 2.24) is 0 Å². The number of hydrogen-bond acceptors (Lipinski definition) is 0. The Balaban J connectivity index is 1.43. The van der Waals surface area contributed by atoms with E-state index in [1.807, 2.05) is 0 Å². The van der Waals surface area contributed by atoms with E-state index < -0.39 is 0 Å². The normalized spacial score (nSPS) is 51.8. The van der Waals surface area contributed by atoms with E-state index in [1.54, 1.807) is 57.8 Å². The molecule has 6 atom stereocenters. The standard InChI is InChI=1S/C18H30/c1-2-12-6-7-14(12)16-9-8-15(13-4-3-5-13)17-10-11-18(16)17/h12-18H,2-11H2,1H3. The third-order valence-corrected chi connectivity index (χ3v) is 7.62. The van der Waals surface area contributed by atoms with Gasteiger partial charge in [0.1, 0.15) is 0 Å². The molecule has 0 nitrogen and oxygen atoms in total. The number of hydrogen-bond donors (Lipinski definition) is 0. The van der Waals surface area contributed by atoms with Crippen LogP contribution in [0.25, 0.3) is 0 Å². The molecule has 0 spiro atoms. The van der Waals surface area contributed by atoms with E-state index in [4.69, 9.17) is 0 Å². The highest BCUT2D eigenvalue weighted by atomic mass is 14.6. The molecule has 0 bridgehead atoms. The average Bonchev–Trinajstić information content (AvgIpc) is 2.18. The van der Waals surface area contributed by atoms with Crippen LogP contribution in [0.1, 0.15) is 71.1 Å². The zero-order chi connectivity index (χ0) is 12.1. The van der Waals surface area contributed by atoms with Gasteiger partial charge in [-0.3, -0.25) is 0 Å². The lowest BCUT2D eigenvalue weighted by molar-refractivity contribution is -0.0854. The summed E-state index contributed by atoms with van der Waals surface area (Å²) >= 11 is 0. The summed E-state index contributed by atoms with van der Waals surface area (Å²) in [7, 11) is 0. The fraction of sp³-hybridized carbons (Fsp3) is 1.00. The second-order valence-corrected chi connectivity index (χ2v) is 7.91. The summed E-state index contributed by atoms with van der Waals surface area (Å²) in [6, 6.07) is 0. The van der Waals surface area contributed by atoms with Gasteiger partial charge < -0.3 is 0 Å². The van der Waals surface area contributed by atoms with Gasteiger partial charge in [-0.2, -0.15) is 0 Å².